The topological polar surface area (TPSA) is 60.5 Å². The van der Waals surface area contributed by atoms with Crippen LogP contribution in [0.3, 0.4) is 0 Å². The minimum Gasteiger partial charge on any atom is -0.494 e. The van der Waals surface area contributed by atoms with Crippen molar-refractivity contribution in [3.8, 4) is 5.75 Å². The maximum absolute atomic E-state index is 11.6. The van der Waals surface area contributed by atoms with Crippen LogP contribution in [0.1, 0.15) is 12.6 Å². The van der Waals surface area contributed by atoms with Crippen molar-refractivity contribution < 1.29 is 14.3 Å². The Morgan fingerprint density at radius 3 is 2.60 bits per heavy atom. The lowest BCUT2D eigenvalue weighted by molar-refractivity contribution is -0.139. The normalized spacial score (nSPS) is 10.5. The standard InChI is InChI=1S/C20H20N2O3/c1-3-25-16-10-8-14(9-11-16)21-19-12-15(13-20(23)24-2)22-18-7-5-4-6-17(18)19/h4-12H,3,13H2,1-2H3,(H,21,22). The minimum atomic E-state index is -0.310. The highest BCUT2D eigenvalue weighted by Crippen LogP contribution is 2.27. The Balaban J connectivity index is 1.94. The minimum absolute atomic E-state index is 0.138. The summed E-state index contributed by atoms with van der Waals surface area (Å²) in [6.07, 6.45) is 0.138. The van der Waals surface area contributed by atoms with E-state index in [1.807, 2.05) is 61.5 Å². The number of nitrogens with zero attached hydrogens (tertiary/aromatic N) is 1. The fourth-order valence-corrected chi connectivity index (χ4v) is 2.60. The molecule has 0 atom stereocenters. The molecule has 128 valence electrons. The summed E-state index contributed by atoms with van der Waals surface area (Å²) >= 11 is 0. The van der Waals surface area contributed by atoms with E-state index in [0.717, 1.165) is 28.0 Å². The van der Waals surface area contributed by atoms with Crippen LogP contribution in [0.2, 0.25) is 0 Å². The second-order valence-corrected chi connectivity index (χ2v) is 5.51. The van der Waals surface area contributed by atoms with E-state index in [4.69, 9.17) is 9.47 Å². The largest absolute Gasteiger partial charge is 0.494 e. The third kappa shape index (κ3) is 4.07. The van der Waals surface area contributed by atoms with Crippen LogP contribution in [-0.2, 0) is 16.0 Å². The van der Waals surface area contributed by atoms with Gasteiger partial charge in [-0.3, -0.25) is 9.78 Å². The number of para-hydroxylation sites is 1. The highest BCUT2D eigenvalue weighted by Gasteiger charge is 2.10. The van der Waals surface area contributed by atoms with Gasteiger partial charge in [0, 0.05) is 16.8 Å². The summed E-state index contributed by atoms with van der Waals surface area (Å²) < 4.78 is 10.2. The zero-order valence-corrected chi connectivity index (χ0v) is 14.3. The van der Waals surface area contributed by atoms with Gasteiger partial charge in [0.2, 0.25) is 0 Å². The van der Waals surface area contributed by atoms with Gasteiger partial charge in [-0.15, -0.1) is 0 Å². The lowest BCUT2D eigenvalue weighted by Gasteiger charge is -2.12. The Labute approximate surface area is 146 Å². The third-order valence-corrected chi connectivity index (χ3v) is 3.77. The van der Waals surface area contributed by atoms with Gasteiger partial charge < -0.3 is 14.8 Å². The number of nitrogens with one attached hydrogen (secondary N) is 1. The van der Waals surface area contributed by atoms with E-state index < -0.39 is 0 Å². The van der Waals surface area contributed by atoms with Crippen LogP contribution < -0.4 is 10.1 Å². The number of carbonyl (C=O) groups is 1. The number of methoxy groups -OCH3 is 1. The number of hydrogen-bond acceptors (Lipinski definition) is 5. The molecule has 5 heteroatoms. The summed E-state index contributed by atoms with van der Waals surface area (Å²) in [6, 6.07) is 17.5. The van der Waals surface area contributed by atoms with Gasteiger partial charge in [0.05, 0.1) is 31.3 Å². The summed E-state index contributed by atoms with van der Waals surface area (Å²) in [5, 5.41) is 4.39. The zero-order chi connectivity index (χ0) is 17.6. The summed E-state index contributed by atoms with van der Waals surface area (Å²) in [5.41, 5.74) is 3.33. The number of benzene rings is 2. The number of fused-ring (bicyclic) bond motifs is 1. The van der Waals surface area contributed by atoms with Gasteiger partial charge in [0.15, 0.2) is 0 Å². The highest BCUT2D eigenvalue weighted by atomic mass is 16.5. The molecule has 0 spiro atoms. The second kappa shape index (κ2) is 7.66. The molecule has 0 aliphatic carbocycles. The highest BCUT2D eigenvalue weighted by molar-refractivity contribution is 5.93. The number of esters is 1. The Hall–Kier alpha value is -3.08. The Bertz CT molecular complexity index is 876. The van der Waals surface area contributed by atoms with Crippen molar-refractivity contribution in [3.05, 3.63) is 60.3 Å². The Morgan fingerprint density at radius 1 is 1.12 bits per heavy atom. The van der Waals surface area contributed by atoms with Crippen LogP contribution >= 0.6 is 0 Å². The molecule has 3 aromatic rings. The number of ether oxygens (including phenoxy) is 2. The maximum Gasteiger partial charge on any atom is 0.311 e. The zero-order valence-electron chi connectivity index (χ0n) is 14.3. The van der Waals surface area contributed by atoms with E-state index in [-0.39, 0.29) is 12.4 Å². The SMILES string of the molecule is CCOc1ccc(Nc2cc(CC(=O)OC)nc3ccccc23)cc1. The van der Waals surface area contributed by atoms with Gasteiger partial charge in [0.25, 0.3) is 0 Å². The number of anilines is 2. The smallest absolute Gasteiger partial charge is 0.311 e. The molecule has 1 heterocycles. The Morgan fingerprint density at radius 2 is 1.88 bits per heavy atom. The number of carbonyl (C=O) groups excluding carboxylic acids is 1. The van der Waals surface area contributed by atoms with E-state index in [0.29, 0.717) is 12.3 Å². The van der Waals surface area contributed by atoms with Gasteiger partial charge in [-0.1, -0.05) is 18.2 Å². The molecular formula is C20H20N2O3. The van der Waals surface area contributed by atoms with Crippen LogP contribution in [0.4, 0.5) is 11.4 Å². The van der Waals surface area contributed by atoms with E-state index >= 15 is 0 Å². The maximum atomic E-state index is 11.6. The third-order valence-electron chi connectivity index (χ3n) is 3.77. The first kappa shape index (κ1) is 16.8. The predicted octanol–water partition coefficient (Wildman–Crippen LogP) is 4.09. The average Bonchev–Trinajstić information content (AvgIpc) is 2.63. The molecule has 1 N–H and O–H groups in total. The van der Waals surface area contributed by atoms with Gasteiger partial charge >= 0.3 is 5.97 Å². The molecule has 3 rings (SSSR count). The molecule has 0 aliphatic heterocycles. The van der Waals surface area contributed by atoms with Gasteiger partial charge in [-0.25, -0.2) is 0 Å². The second-order valence-electron chi connectivity index (χ2n) is 5.51. The van der Waals surface area contributed by atoms with Crippen molar-refractivity contribution in [1.29, 1.82) is 0 Å². The van der Waals surface area contributed by atoms with Crippen molar-refractivity contribution >= 4 is 28.2 Å². The first-order valence-electron chi connectivity index (χ1n) is 8.15. The van der Waals surface area contributed by atoms with Crippen LogP contribution in [0.15, 0.2) is 54.6 Å². The molecule has 2 aromatic carbocycles. The molecule has 0 bridgehead atoms. The molecule has 0 aliphatic rings. The van der Waals surface area contributed by atoms with Crippen LogP contribution in [-0.4, -0.2) is 24.7 Å². The van der Waals surface area contributed by atoms with E-state index in [9.17, 15) is 4.79 Å². The molecule has 0 amide bonds. The number of hydrogen-bond donors (Lipinski definition) is 1. The summed E-state index contributed by atoms with van der Waals surface area (Å²) in [4.78, 5) is 16.1. The quantitative estimate of drug-likeness (QED) is 0.687. The number of pyridine rings is 1. The number of rotatable bonds is 6. The van der Waals surface area contributed by atoms with E-state index in [1.165, 1.54) is 7.11 Å². The summed E-state index contributed by atoms with van der Waals surface area (Å²) in [5.74, 6) is 0.522. The lowest BCUT2D eigenvalue weighted by Crippen LogP contribution is -2.07. The molecular weight excluding hydrogens is 316 g/mol. The van der Waals surface area contributed by atoms with Crippen molar-refractivity contribution in [2.75, 3.05) is 19.0 Å². The van der Waals surface area contributed by atoms with Gasteiger partial charge in [-0.05, 0) is 43.3 Å². The van der Waals surface area contributed by atoms with E-state index in [1.54, 1.807) is 0 Å². The van der Waals surface area contributed by atoms with Crippen molar-refractivity contribution in [2.45, 2.75) is 13.3 Å². The van der Waals surface area contributed by atoms with Crippen molar-refractivity contribution in [2.24, 2.45) is 0 Å². The van der Waals surface area contributed by atoms with Crippen molar-refractivity contribution in [3.63, 3.8) is 0 Å². The van der Waals surface area contributed by atoms with Crippen molar-refractivity contribution in [1.82, 2.24) is 4.98 Å². The van der Waals surface area contributed by atoms with Gasteiger partial charge in [-0.2, -0.15) is 0 Å². The molecule has 0 radical (unpaired) electrons. The number of aromatic nitrogens is 1. The first-order valence-corrected chi connectivity index (χ1v) is 8.15. The van der Waals surface area contributed by atoms with Crippen LogP contribution in [0, 0.1) is 0 Å². The summed E-state index contributed by atoms with van der Waals surface area (Å²) in [6.45, 7) is 2.59. The monoisotopic (exact) mass is 336 g/mol. The van der Waals surface area contributed by atoms with Gasteiger partial charge in [0.1, 0.15) is 5.75 Å². The fraction of sp³-hybridized carbons (Fsp3) is 0.200. The lowest BCUT2D eigenvalue weighted by atomic mass is 10.1. The van der Waals surface area contributed by atoms with Crippen LogP contribution in [0.5, 0.6) is 5.75 Å². The Kier molecular flexibility index (Phi) is 5.14. The molecule has 0 unspecified atom stereocenters. The average molecular weight is 336 g/mol. The molecule has 0 fully saturated rings. The molecule has 25 heavy (non-hydrogen) atoms. The predicted molar refractivity (Wildman–Crippen MR) is 98.4 cm³/mol. The summed E-state index contributed by atoms with van der Waals surface area (Å²) in [7, 11) is 1.38. The molecule has 0 saturated heterocycles. The van der Waals surface area contributed by atoms with Crippen LogP contribution in [0.25, 0.3) is 10.9 Å². The molecule has 1 aromatic heterocycles. The molecule has 5 nitrogen and oxygen atoms in total. The first-order chi connectivity index (χ1) is 12.2. The fourth-order valence-electron chi connectivity index (χ4n) is 2.60. The molecule has 0 saturated carbocycles. The van der Waals surface area contributed by atoms with E-state index in [2.05, 4.69) is 10.3 Å².